The summed E-state index contributed by atoms with van der Waals surface area (Å²) in [5, 5.41) is 11.6. The van der Waals surface area contributed by atoms with Gasteiger partial charge in [-0.3, -0.25) is 4.68 Å². The Bertz CT molecular complexity index is 1330. The lowest BCUT2D eigenvalue weighted by Crippen LogP contribution is -1.90. The van der Waals surface area contributed by atoms with Crippen molar-refractivity contribution >= 4 is 27.5 Å². The van der Waals surface area contributed by atoms with Gasteiger partial charge in [0.25, 0.3) is 0 Å². The van der Waals surface area contributed by atoms with Crippen LogP contribution in [0.15, 0.2) is 36.1 Å². The number of aryl methyl sites for hydroxylation is 2. The van der Waals surface area contributed by atoms with E-state index in [9.17, 15) is 8.78 Å². The average molecular weight is 414 g/mol. The second-order valence-corrected chi connectivity index (χ2v) is 8.07. The number of nitrogens with zero attached hydrogens (tertiary/aromatic N) is 6. The van der Waals surface area contributed by atoms with Gasteiger partial charge in [-0.25, -0.2) is 23.3 Å². The fourth-order valence-electron chi connectivity index (χ4n) is 3.00. The normalized spacial score (nSPS) is 11.6. The van der Waals surface area contributed by atoms with Crippen LogP contribution >= 0.6 is 22.7 Å². The molecule has 0 unspecified atom stereocenters. The van der Waals surface area contributed by atoms with Crippen molar-refractivity contribution in [1.82, 2.24) is 29.4 Å². The van der Waals surface area contributed by atoms with Crippen molar-refractivity contribution in [2.75, 3.05) is 0 Å². The third-order valence-electron chi connectivity index (χ3n) is 4.26. The number of hydrogen-bond acceptors (Lipinski definition) is 6. The van der Waals surface area contributed by atoms with Gasteiger partial charge in [0.05, 0.1) is 17.0 Å². The third kappa shape index (κ3) is 2.64. The van der Waals surface area contributed by atoms with Crippen molar-refractivity contribution < 1.29 is 8.78 Å². The molecule has 0 fully saturated rings. The van der Waals surface area contributed by atoms with E-state index in [1.807, 2.05) is 23.0 Å². The molecule has 0 aliphatic heterocycles. The molecular formula is C18H12F2N6S2. The second kappa shape index (κ2) is 6.28. The van der Waals surface area contributed by atoms with Crippen LogP contribution in [0.2, 0.25) is 0 Å². The molecule has 28 heavy (non-hydrogen) atoms. The fraction of sp³-hybridized carbons (Fsp3) is 0.111. The molecule has 0 bridgehead atoms. The number of benzene rings is 1. The Labute approximate surface area is 165 Å². The highest BCUT2D eigenvalue weighted by Gasteiger charge is 2.23. The highest BCUT2D eigenvalue weighted by molar-refractivity contribution is 7.20. The van der Waals surface area contributed by atoms with Gasteiger partial charge in [0, 0.05) is 24.2 Å². The molecule has 4 aromatic heterocycles. The quantitative estimate of drug-likeness (QED) is 0.434. The molecule has 0 aliphatic rings. The minimum atomic E-state index is -0.922. The number of hydrogen-bond donors (Lipinski definition) is 0. The maximum atomic E-state index is 13.9. The smallest absolute Gasteiger partial charge is 0.193 e. The predicted octanol–water partition coefficient (Wildman–Crippen LogP) is 4.57. The molecule has 140 valence electrons. The van der Waals surface area contributed by atoms with Gasteiger partial charge < -0.3 is 0 Å². The number of aromatic nitrogens is 6. The van der Waals surface area contributed by atoms with Crippen molar-refractivity contribution in [2.24, 2.45) is 7.05 Å². The Kier molecular flexibility index (Phi) is 3.84. The molecule has 0 saturated heterocycles. The predicted molar refractivity (Wildman–Crippen MR) is 104 cm³/mol. The zero-order valence-electron chi connectivity index (χ0n) is 14.7. The zero-order chi connectivity index (χ0) is 19.4. The molecular weight excluding hydrogens is 402 g/mol. The average Bonchev–Trinajstić information content (AvgIpc) is 3.41. The van der Waals surface area contributed by atoms with Crippen LogP contribution in [0.3, 0.4) is 0 Å². The van der Waals surface area contributed by atoms with Crippen LogP contribution in [-0.2, 0) is 7.05 Å². The van der Waals surface area contributed by atoms with Crippen molar-refractivity contribution in [3.63, 3.8) is 0 Å². The Hall–Kier alpha value is -2.98. The lowest BCUT2D eigenvalue weighted by molar-refractivity contribution is 0.509. The van der Waals surface area contributed by atoms with E-state index in [4.69, 9.17) is 4.98 Å². The van der Waals surface area contributed by atoms with Crippen molar-refractivity contribution in [3.8, 4) is 32.5 Å². The van der Waals surface area contributed by atoms with Gasteiger partial charge in [-0.2, -0.15) is 10.2 Å². The standard InChI is InChI=1S/C18H12F2N6S2/c1-9-13(18-26(23-9)5-6-27-18)17-22-14(10-3-4-11(19)12(20)7-10)15(28-17)16-21-8-25(2)24-16/h3-8H,1-2H3. The monoisotopic (exact) mass is 414 g/mol. The minimum Gasteiger partial charge on any atom is -0.255 e. The topological polar surface area (TPSA) is 60.9 Å². The van der Waals surface area contributed by atoms with Crippen LogP contribution in [0, 0.1) is 18.6 Å². The molecule has 0 saturated carbocycles. The largest absolute Gasteiger partial charge is 0.255 e. The molecule has 5 aromatic rings. The van der Waals surface area contributed by atoms with Gasteiger partial charge in [-0.1, -0.05) is 0 Å². The summed E-state index contributed by atoms with van der Waals surface area (Å²) in [4.78, 5) is 10.7. The van der Waals surface area contributed by atoms with E-state index in [1.165, 1.54) is 17.4 Å². The fourth-order valence-corrected chi connectivity index (χ4v) is 5.06. The Balaban J connectivity index is 1.76. The summed E-state index contributed by atoms with van der Waals surface area (Å²) in [6, 6.07) is 3.75. The highest BCUT2D eigenvalue weighted by atomic mass is 32.1. The first-order chi connectivity index (χ1) is 13.5. The van der Waals surface area contributed by atoms with E-state index in [0.717, 1.165) is 33.2 Å². The first kappa shape index (κ1) is 17.1. The van der Waals surface area contributed by atoms with Crippen molar-refractivity contribution in [3.05, 3.63) is 53.4 Å². The number of rotatable bonds is 3. The van der Waals surface area contributed by atoms with Gasteiger partial charge in [-0.05, 0) is 25.1 Å². The molecule has 10 heteroatoms. The molecule has 0 spiro atoms. The van der Waals surface area contributed by atoms with Gasteiger partial charge in [-0.15, -0.1) is 22.7 Å². The van der Waals surface area contributed by atoms with Gasteiger partial charge >= 0.3 is 0 Å². The molecule has 4 heterocycles. The Morgan fingerprint density at radius 1 is 1.11 bits per heavy atom. The van der Waals surface area contributed by atoms with Gasteiger partial charge in [0.15, 0.2) is 17.5 Å². The van der Waals surface area contributed by atoms with Crippen LogP contribution < -0.4 is 0 Å². The van der Waals surface area contributed by atoms with E-state index >= 15 is 0 Å². The second-order valence-electron chi connectivity index (χ2n) is 6.18. The van der Waals surface area contributed by atoms with E-state index in [-0.39, 0.29) is 0 Å². The SMILES string of the molecule is Cc1nn2ccsc2c1-c1nc(-c2ccc(F)c(F)c2)c(-c2ncn(C)n2)s1. The molecule has 6 nitrogen and oxygen atoms in total. The summed E-state index contributed by atoms with van der Waals surface area (Å²) in [5.74, 6) is -1.34. The Morgan fingerprint density at radius 3 is 2.71 bits per heavy atom. The first-order valence-electron chi connectivity index (χ1n) is 8.26. The summed E-state index contributed by atoms with van der Waals surface area (Å²) in [5.41, 5.74) is 2.75. The van der Waals surface area contributed by atoms with E-state index in [1.54, 1.807) is 29.4 Å². The van der Waals surface area contributed by atoms with Crippen LogP contribution in [0.25, 0.3) is 37.4 Å². The van der Waals surface area contributed by atoms with Gasteiger partial charge in [0.1, 0.15) is 21.0 Å². The minimum absolute atomic E-state index is 0.469. The Morgan fingerprint density at radius 2 is 1.96 bits per heavy atom. The van der Waals surface area contributed by atoms with E-state index in [0.29, 0.717) is 22.0 Å². The highest BCUT2D eigenvalue weighted by Crippen LogP contribution is 2.42. The van der Waals surface area contributed by atoms with Crippen LogP contribution in [-0.4, -0.2) is 29.4 Å². The van der Waals surface area contributed by atoms with Crippen LogP contribution in [0.5, 0.6) is 0 Å². The molecule has 5 rings (SSSR count). The van der Waals surface area contributed by atoms with Crippen molar-refractivity contribution in [2.45, 2.75) is 6.92 Å². The molecule has 0 aliphatic carbocycles. The van der Waals surface area contributed by atoms with Crippen LogP contribution in [0.1, 0.15) is 5.69 Å². The summed E-state index contributed by atoms with van der Waals surface area (Å²) >= 11 is 2.98. The number of fused-ring (bicyclic) bond motifs is 1. The van der Waals surface area contributed by atoms with Gasteiger partial charge in [0.2, 0.25) is 0 Å². The summed E-state index contributed by atoms with van der Waals surface area (Å²) in [6.07, 6.45) is 3.48. The zero-order valence-corrected chi connectivity index (χ0v) is 16.4. The summed E-state index contributed by atoms with van der Waals surface area (Å²) in [7, 11) is 1.77. The molecule has 0 N–H and O–H groups in total. The summed E-state index contributed by atoms with van der Waals surface area (Å²) in [6.45, 7) is 1.92. The molecule has 0 atom stereocenters. The third-order valence-corrected chi connectivity index (χ3v) is 6.20. The maximum absolute atomic E-state index is 13.9. The van der Waals surface area contributed by atoms with Crippen LogP contribution in [0.4, 0.5) is 8.78 Å². The van der Waals surface area contributed by atoms with E-state index in [2.05, 4.69) is 15.2 Å². The lowest BCUT2D eigenvalue weighted by Gasteiger charge is -2.01. The first-order valence-corrected chi connectivity index (χ1v) is 9.96. The number of thiazole rings is 2. The molecule has 1 aromatic carbocycles. The van der Waals surface area contributed by atoms with E-state index < -0.39 is 11.6 Å². The maximum Gasteiger partial charge on any atom is 0.193 e. The molecule has 0 amide bonds. The summed E-state index contributed by atoms with van der Waals surface area (Å²) < 4.78 is 30.7. The lowest BCUT2D eigenvalue weighted by atomic mass is 10.1. The molecule has 0 radical (unpaired) electrons. The number of halogens is 2. The van der Waals surface area contributed by atoms with Crippen molar-refractivity contribution in [1.29, 1.82) is 0 Å².